The average molecular weight is 181 g/mol. The van der Waals surface area contributed by atoms with Crippen molar-refractivity contribution in [2.45, 2.75) is 13.8 Å². The molecule has 13 heavy (non-hydrogen) atoms. The Hall–Kier alpha value is -1.58. The van der Waals surface area contributed by atoms with E-state index in [0.717, 1.165) is 0 Å². The molecular formula is C9H11NO3. The SMILES string of the molecule is CC(C)(C(=O)O)C(=O)c1ccc[nH]1. The number of rotatable bonds is 3. The van der Waals surface area contributed by atoms with E-state index in [1.165, 1.54) is 13.8 Å². The predicted octanol–water partition coefficient (Wildman–Crippen LogP) is 1.31. The maximum absolute atomic E-state index is 11.6. The van der Waals surface area contributed by atoms with Gasteiger partial charge in [0.25, 0.3) is 0 Å². The highest BCUT2D eigenvalue weighted by Gasteiger charge is 2.36. The highest BCUT2D eigenvalue weighted by atomic mass is 16.4. The molecule has 2 N–H and O–H groups in total. The Morgan fingerprint density at radius 3 is 2.46 bits per heavy atom. The van der Waals surface area contributed by atoms with Crippen LogP contribution in [-0.4, -0.2) is 21.8 Å². The summed E-state index contributed by atoms with van der Waals surface area (Å²) in [4.78, 5) is 25.0. The number of hydrogen-bond acceptors (Lipinski definition) is 2. The predicted molar refractivity (Wildman–Crippen MR) is 46.5 cm³/mol. The van der Waals surface area contributed by atoms with E-state index in [-0.39, 0.29) is 0 Å². The van der Waals surface area contributed by atoms with Gasteiger partial charge in [0.2, 0.25) is 0 Å². The van der Waals surface area contributed by atoms with Crippen LogP contribution >= 0.6 is 0 Å². The van der Waals surface area contributed by atoms with Crippen molar-refractivity contribution in [1.82, 2.24) is 4.98 Å². The first kappa shape index (κ1) is 9.51. The van der Waals surface area contributed by atoms with Gasteiger partial charge in [0, 0.05) is 6.20 Å². The lowest BCUT2D eigenvalue weighted by Gasteiger charge is -2.15. The lowest BCUT2D eigenvalue weighted by atomic mass is 9.87. The van der Waals surface area contributed by atoms with Crippen LogP contribution in [-0.2, 0) is 4.79 Å². The minimum atomic E-state index is -1.37. The second-order valence-corrected chi connectivity index (χ2v) is 3.34. The maximum Gasteiger partial charge on any atom is 0.317 e. The fourth-order valence-corrected chi connectivity index (χ4v) is 0.905. The molecular weight excluding hydrogens is 170 g/mol. The summed E-state index contributed by atoms with van der Waals surface area (Å²) in [5.74, 6) is -1.53. The fourth-order valence-electron chi connectivity index (χ4n) is 0.905. The molecule has 0 unspecified atom stereocenters. The van der Waals surface area contributed by atoms with Gasteiger partial charge in [-0.2, -0.15) is 0 Å². The second kappa shape index (κ2) is 3.05. The fraction of sp³-hybridized carbons (Fsp3) is 0.333. The van der Waals surface area contributed by atoms with Crippen LogP contribution in [0.4, 0.5) is 0 Å². The number of carbonyl (C=O) groups is 2. The van der Waals surface area contributed by atoms with E-state index in [4.69, 9.17) is 5.11 Å². The summed E-state index contributed by atoms with van der Waals surface area (Å²) >= 11 is 0. The molecule has 1 aromatic rings. The molecule has 4 nitrogen and oxygen atoms in total. The first-order chi connectivity index (χ1) is 5.96. The quantitative estimate of drug-likeness (QED) is 0.545. The summed E-state index contributed by atoms with van der Waals surface area (Å²) in [7, 11) is 0. The number of ketones is 1. The molecule has 1 rings (SSSR count). The molecule has 1 aromatic heterocycles. The van der Waals surface area contributed by atoms with Gasteiger partial charge in [-0.15, -0.1) is 0 Å². The normalized spacial score (nSPS) is 11.2. The number of aliphatic carboxylic acids is 1. The molecule has 0 bridgehead atoms. The topological polar surface area (TPSA) is 70.2 Å². The Bertz CT molecular complexity index is 325. The largest absolute Gasteiger partial charge is 0.481 e. The van der Waals surface area contributed by atoms with Gasteiger partial charge in [0.05, 0.1) is 5.69 Å². The van der Waals surface area contributed by atoms with Crippen molar-refractivity contribution in [3.05, 3.63) is 24.0 Å². The Morgan fingerprint density at radius 2 is 2.08 bits per heavy atom. The molecule has 0 aliphatic carbocycles. The van der Waals surface area contributed by atoms with Gasteiger partial charge in [0.15, 0.2) is 5.78 Å². The van der Waals surface area contributed by atoms with E-state index in [1.807, 2.05) is 0 Å². The minimum Gasteiger partial charge on any atom is -0.481 e. The van der Waals surface area contributed by atoms with Gasteiger partial charge >= 0.3 is 5.97 Å². The van der Waals surface area contributed by atoms with E-state index in [0.29, 0.717) is 5.69 Å². The molecule has 0 amide bonds. The zero-order valence-corrected chi connectivity index (χ0v) is 7.50. The van der Waals surface area contributed by atoms with Gasteiger partial charge in [-0.1, -0.05) is 0 Å². The van der Waals surface area contributed by atoms with Gasteiger partial charge in [-0.25, -0.2) is 0 Å². The van der Waals surface area contributed by atoms with Crippen LogP contribution in [0.25, 0.3) is 0 Å². The molecule has 0 aliphatic heterocycles. The van der Waals surface area contributed by atoms with Gasteiger partial charge in [-0.3, -0.25) is 9.59 Å². The number of nitrogens with one attached hydrogen (secondary N) is 1. The summed E-state index contributed by atoms with van der Waals surface area (Å²) < 4.78 is 0. The lowest BCUT2D eigenvalue weighted by Crippen LogP contribution is -2.33. The van der Waals surface area contributed by atoms with Crippen molar-refractivity contribution in [2.75, 3.05) is 0 Å². The second-order valence-electron chi connectivity index (χ2n) is 3.34. The molecule has 0 aliphatic rings. The number of hydrogen-bond donors (Lipinski definition) is 2. The molecule has 70 valence electrons. The first-order valence-corrected chi connectivity index (χ1v) is 3.88. The molecule has 0 atom stereocenters. The third kappa shape index (κ3) is 1.61. The molecule has 1 heterocycles. The number of carboxylic acids is 1. The van der Waals surface area contributed by atoms with Crippen molar-refractivity contribution in [2.24, 2.45) is 5.41 Å². The standard InChI is InChI=1S/C9H11NO3/c1-9(2,8(12)13)7(11)6-4-3-5-10-6/h3-5,10H,1-2H3,(H,12,13). The molecule has 0 saturated heterocycles. The number of H-pyrrole nitrogens is 1. The third-order valence-electron chi connectivity index (χ3n) is 1.94. The Kier molecular flexibility index (Phi) is 2.23. The zero-order chi connectivity index (χ0) is 10.1. The first-order valence-electron chi connectivity index (χ1n) is 3.88. The van der Waals surface area contributed by atoms with Crippen molar-refractivity contribution in [3.8, 4) is 0 Å². The molecule has 0 saturated carbocycles. The summed E-state index contributed by atoms with van der Waals surface area (Å²) in [5.41, 5.74) is -1.04. The third-order valence-corrected chi connectivity index (χ3v) is 1.94. The number of aromatic nitrogens is 1. The number of aromatic amines is 1. The van der Waals surface area contributed by atoms with Crippen LogP contribution in [0.15, 0.2) is 18.3 Å². The molecule has 0 radical (unpaired) electrons. The summed E-state index contributed by atoms with van der Waals surface area (Å²) in [6, 6.07) is 3.22. The van der Waals surface area contributed by atoms with Gasteiger partial charge in [0.1, 0.15) is 5.41 Å². The summed E-state index contributed by atoms with van der Waals surface area (Å²) in [5, 5.41) is 8.78. The molecule has 4 heteroatoms. The number of carboxylic acid groups (broad SMARTS) is 1. The Balaban J connectivity index is 2.98. The number of Topliss-reactive ketones (excluding diaryl/α,β-unsaturated/α-hetero) is 1. The summed E-state index contributed by atoms with van der Waals surface area (Å²) in [6.45, 7) is 2.77. The van der Waals surface area contributed by atoms with Crippen LogP contribution < -0.4 is 0 Å². The summed E-state index contributed by atoms with van der Waals surface area (Å²) in [6.07, 6.45) is 1.59. The van der Waals surface area contributed by atoms with Gasteiger partial charge < -0.3 is 10.1 Å². The van der Waals surface area contributed by atoms with Crippen molar-refractivity contribution >= 4 is 11.8 Å². The highest BCUT2D eigenvalue weighted by molar-refractivity contribution is 6.10. The van der Waals surface area contributed by atoms with Crippen molar-refractivity contribution < 1.29 is 14.7 Å². The van der Waals surface area contributed by atoms with Crippen molar-refractivity contribution in [1.29, 1.82) is 0 Å². The lowest BCUT2D eigenvalue weighted by molar-refractivity contribution is -0.144. The minimum absolute atomic E-state index is 0.326. The number of carbonyl (C=O) groups excluding carboxylic acids is 1. The Labute approximate surface area is 75.6 Å². The van der Waals surface area contributed by atoms with E-state index < -0.39 is 17.2 Å². The van der Waals surface area contributed by atoms with E-state index in [1.54, 1.807) is 18.3 Å². The van der Waals surface area contributed by atoms with Gasteiger partial charge in [-0.05, 0) is 26.0 Å². The van der Waals surface area contributed by atoms with Crippen molar-refractivity contribution in [3.63, 3.8) is 0 Å². The zero-order valence-electron chi connectivity index (χ0n) is 7.50. The van der Waals surface area contributed by atoms with Crippen LogP contribution in [0.3, 0.4) is 0 Å². The smallest absolute Gasteiger partial charge is 0.317 e. The highest BCUT2D eigenvalue weighted by Crippen LogP contribution is 2.20. The van der Waals surface area contributed by atoms with E-state index in [9.17, 15) is 9.59 Å². The van der Waals surface area contributed by atoms with E-state index in [2.05, 4.69) is 4.98 Å². The molecule has 0 fully saturated rings. The van der Waals surface area contributed by atoms with Crippen LogP contribution in [0.5, 0.6) is 0 Å². The molecule has 0 spiro atoms. The average Bonchev–Trinajstić information content (AvgIpc) is 2.54. The molecule has 0 aromatic carbocycles. The Morgan fingerprint density at radius 1 is 1.46 bits per heavy atom. The van der Waals surface area contributed by atoms with Crippen LogP contribution in [0.2, 0.25) is 0 Å². The maximum atomic E-state index is 11.6. The monoisotopic (exact) mass is 181 g/mol. The van der Waals surface area contributed by atoms with E-state index >= 15 is 0 Å². The van der Waals surface area contributed by atoms with Crippen LogP contribution in [0, 0.1) is 5.41 Å². The van der Waals surface area contributed by atoms with Crippen LogP contribution in [0.1, 0.15) is 24.3 Å².